The van der Waals surface area contributed by atoms with Crippen molar-refractivity contribution in [3.8, 4) is 0 Å². The molecule has 2 unspecified atom stereocenters. The van der Waals surface area contributed by atoms with Crippen molar-refractivity contribution in [2.45, 2.75) is 354 Å². The fraction of sp³-hybridized carbons (Fsp3) is 0.787. The minimum atomic E-state index is -4.40. The topological polar surface area (TPSA) is 134 Å². The van der Waals surface area contributed by atoms with Crippen LogP contribution in [0.3, 0.4) is 0 Å². The van der Waals surface area contributed by atoms with Crippen LogP contribution in [0.1, 0.15) is 348 Å². The lowest BCUT2D eigenvalue weighted by Gasteiger charge is -2.19. The maximum absolute atomic E-state index is 12.7. The molecule has 0 spiro atoms. The van der Waals surface area contributed by atoms with Crippen molar-refractivity contribution in [3.63, 3.8) is 0 Å². The van der Waals surface area contributed by atoms with Gasteiger partial charge in [-0.15, -0.1) is 0 Å². The molecule has 85 heavy (non-hydrogen) atoms. The summed E-state index contributed by atoms with van der Waals surface area (Å²) in [7, 11) is -4.40. The summed E-state index contributed by atoms with van der Waals surface area (Å²) in [6.07, 6.45) is 94.2. The van der Waals surface area contributed by atoms with Crippen molar-refractivity contribution in [1.82, 2.24) is 0 Å². The summed E-state index contributed by atoms with van der Waals surface area (Å²) in [6, 6.07) is 0. The summed E-state index contributed by atoms with van der Waals surface area (Å²) in [6.45, 7) is 3.64. The summed E-state index contributed by atoms with van der Waals surface area (Å²) in [5.41, 5.74) is 5.40. The molecule has 9 nitrogen and oxygen atoms in total. The third-order valence-electron chi connectivity index (χ3n) is 15.8. The Morgan fingerprint density at radius 2 is 0.647 bits per heavy atom. The Kier molecular flexibility index (Phi) is 68.0. The van der Waals surface area contributed by atoms with Gasteiger partial charge in [0.05, 0.1) is 13.2 Å². The largest absolute Gasteiger partial charge is 0.472 e. The van der Waals surface area contributed by atoms with Gasteiger partial charge in [-0.3, -0.25) is 18.6 Å². The van der Waals surface area contributed by atoms with Gasteiger partial charge in [0, 0.05) is 19.4 Å². The number of hydrogen-bond donors (Lipinski definition) is 2. The molecule has 0 heterocycles. The predicted molar refractivity (Wildman–Crippen MR) is 367 cm³/mol. The normalized spacial score (nSPS) is 13.4. The lowest BCUT2D eigenvalue weighted by atomic mass is 10.0. The van der Waals surface area contributed by atoms with E-state index in [0.29, 0.717) is 6.42 Å². The average Bonchev–Trinajstić information content (AvgIpc) is 3.52. The Morgan fingerprint density at radius 3 is 0.965 bits per heavy atom. The number of rotatable bonds is 68. The van der Waals surface area contributed by atoms with Crippen LogP contribution in [-0.4, -0.2) is 49.3 Å². The average molecular weight is 1210 g/mol. The zero-order valence-electron chi connectivity index (χ0n) is 55.6. The fourth-order valence-corrected chi connectivity index (χ4v) is 11.2. The monoisotopic (exact) mass is 1210 g/mol. The molecular weight excluding hydrogens is 1070 g/mol. The van der Waals surface area contributed by atoms with E-state index in [0.717, 1.165) is 83.5 Å². The first kappa shape index (κ1) is 82.2. The molecular formula is C75H136NO8P. The van der Waals surface area contributed by atoms with E-state index in [1.807, 2.05) is 0 Å². The second kappa shape index (κ2) is 70.3. The van der Waals surface area contributed by atoms with Crippen LogP contribution in [0.25, 0.3) is 0 Å². The number of phosphoric ester groups is 1. The highest BCUT2D eigenvalue weighted by Crippen LogP contribution is 2.43. The number of carbonyl (C=O) groups is 2. The Bertz CT molecular complexity index is 1670. The quantitative estimate of drug-likeness (QED) is 0.0264. The molecule has 494 valence electrons. The van der Waals surface area contributed by atoms with Crippen LogP contribution in [0.4, 0.5) is 0 Å². The van der Waals surface area contributed by atoms with Crippen LogP contribution in [-0.2, 0) is 32.7 Å². The summed E-state index contributed by atoms with van der Waals surface area (Å²) in [4.78, 5) is 35.3. The van der Waals surface area contributed by atoms with E-state index in [2.05, 4.69) is 98.9 Å². The minimum absolute atomic E-state index is 0.0494. The van der Waals surface area contributed by atoms with Crippen LogP contribution in [0, 0.1) is 0 Å². The van der Waals surface area contributed by atoms with E-state index in [9.17, 15) is 19.0 Å². The van der Waals surface area contributed by atoms with Gasteiger partial charge in [0.15, 0.2) is 6.10 Å². The molecule has 2 atom stereocenters. The summed E-state index contributed by atoms with van der Waals surface area (Å²) >= 11 is 0. The molecule has 0 bridgehead atoms. The second-order valence-corrected chi connectivity index (χ2v) is 25.5. The zero-order valence-corrected chi connectivity index (χ0v) is 56.5. The molecule has 0 fully saturated rings. The van der Waals surface area contributed by atoms with Gasteiger partial charge in [-0.05, 0) is 89.9 Å². The van der Waals surface area contributed by atoms with E-state index >= 15 is 0 Å². The van der Waals surface area contributed by atoms with Gasteiger partial charge in [-0.1, -0.05) is 330 Å². The number of ether oxygens (including phenoxy) is 2. The first-order valence-corrected chi connectivity index (χ1v) is 37.6. The molecule has 0 amide bonds. The number of unbranched alkanes of at least 4 members (excludes halogenated alkanes) is 41. The minimum Gasteiger partial charge on any atom is -0.462 e. The molecule has 3 N–H and O–H groups in total. The van der Waals surface area contributed by atoms with Crippen LogP contribution in [0.5, 0.6) is 0 Å². The predicted octanol–water partition coefficient (Wildman–Crippen LogP) is 23.8. The maximum atomic E-state index is 12.7. The number of nitrogens with two attached hydrogens (primary N) is 1. The van der Waals surface area contributed by atoms with Crippen molar-refractivity contribution in [1.29, 1.82) is 0 Å². The highest BCUT2D eigenvalue weighted by Gasteiger charge is 2.26. The summed E-state index contributed by atoms with van der Waals surface area (Å²) in [5, 5.41) is 0. The Morgan fingerprint density at radius 1 is 0.365 bits per heavy atom. The number of hydrogen-bond acceptors (Lipinski definition) is 8. The number of esters is 2. The first-order chi connectivity index (χ1) is 41.8. The zero-order chi connectivity index (χ0) is 61.6. The van der Waals surface area contributed by atoms with Crippen LogP contribution in [0.2, 0.25) is 0 Å². The van der Waals surface area contributed by atoms with Gasteiger partial charge in [-0.2, -0.15) is 0 Å². The van der Waals surface area contributed by atoms with Crippen LogP contribution >= 0.6 is 7.82 Å². The van der Waals surface area contributed by atoms with Crippen molar-refractivity contribution in [2.24, 2.45) is 5.73 Å². The van der Waals surface area contributed by atoms with Gasteiger partial charge in [0.2, 0.25) is 0 Å². The smallest absolute Gasteiger partial charge is 0.462 e. The Balaban J connectivity index is 3.78. The van der Waals surface area contributed by atoms with Crippen molar-refractivity contribution in [3.05, 3.63) is 85.1 Å². The second-order valence-electron chi connectivity index (χ2n) is 24.1. The lowest BCUT2D eigenvalue weighted by molar-refractivity contribution is -0.161. The third kappa shape index (κ3) is 70.2. The van der Waals surface area contributed by atoms with Crippen LogP contribution in [0.15, 0.2) is 85.1 Å². The van der Waals surface area contributed by atoms with E-state index in [1.165, 1.54) is 231 Å². The van der Waals surface area contributed by atoms with E-state index in [1.54, 1.807) is 0 Å². The summed E-state index contributed by atoms with van der Waals surface area (Å²) in [5.74, 6) is -0.830. The van der Waals surface area contributed by atoms with E-state index in [-0.39, 0.29) is 38.6 Å². The van der Waals surface area contributed by atoms with Crippen molar-refractivity contribution >= 4 is 19.8 Å². The van der Waals surface area contributed by atoms with Crippen LogP contribution < -0.4 is 5.73 Å². The van der Waals surface area contributed by atoms with Crippen molar-refractivity contribution in [2.75, 3.05) is 26.4 Å². The van der Waals surface area contributed by atoms with Gasteiger partial charge < -0.3 is 20.1 Å². The Hall–Kier alpha value is -2.81. The highest BCUT2D eigenvalue weighted by molar-refractivity contribution is 7.47. The highest BCUT2D eigenvalue weighted by atomic mass is 31.2. The van der Waals surface area contributed by atoms with Gasteiger partial charge in [0.1, 0.15) is 6.61 Å². The van der Waals surface area contributed by atoms with E-state index < -0.39 is 26.5 Å². The molecule has 0 radical (unpaired) electrons. The van der Waals surface area contributed by atoms with Gasteiger partial charge in [0.25, 0.3) is 0 Å². The van der Waals surface area contributed by atoms with Gasteiger partial charge >= 0.3 is 19.8 Å². The van der Waals surface area contributed by atoms with E-state index in [4.69, 9.17) is 24.3 Å². The molecule has 0 saturated heterocycles. The number of allylic oxidation sites excluding steroid dienone is 14. The van der Waals surface area contributed by atoms with Crippen molar-refractivity contribution < 1.29 is 37.6 Å². The molecule has 0 aliphatic carbocycles. The molecule has 0 rings (SSSR count). The maximum Gasteiger partial charge on any atom is 0.472 e. The third-order valence-corrected chi connectivity index (χ3v) is 16.7. The molecule has 0 aromatic carbocycles. The molecule has 10 heteroatoms. The molecule has 0 saturated carbocycles. The Labute approximate surface area is 525 Å². The SMILES string of the molecule is CC/C=C\C/C=C\C/C=C\C/C=C\C/C=C\CCCCCCCCCC(=O)OC(COC(=O)CCCCCCCCCCCCCCCCCCCCCCCCCCCCCCC/C=C\C/C=C\CCCCCCC)COP(=O)(O)OCCN. The van der Waals surface area contributed by atoms with Gasteiger partial charge in [-0.25, -0.2) is 4.57 Å². The molecule has 0 aromatic rings. The summed E-state index contributed by atoms with van der Waals surface area (Å²) < 4.78 is 33.2. The lowest BCUT2D eigenvalue weighted by Crippen LogP contribution is -2.29. The first-order valence-electron chi connectivity index (χ1n) is 36.1. The number of carbonyl (C=O) groups excluding carboxylic acids is 2. The standard InChI is InChI=1S/C75H136NO8P/c1-3-5-7-9-11-13-15-17-19-21-23-25-27-28-29-30-31-32-33-34-35-36-37-38-39-40-41-42-43-44-46-47-49-51-53-55-57-59-61-63-65-67-74(77)81-71-73(72-83-85(79,80)82-70-69-76)84-75(78)68-66-64-62-60-58-56-54-52-50-48-45-26-24-22-20-18-16-14-12-10-8-6-4-2/h6,8,12,14-15,17-18,20-21,23-24,26,48,50,73H,3-5,7,9-11,13,16,19,22,25,27-47,49,51-72,76H2,1-2H3,(H,79,80)/b8-6-,14-12-,17-15-,20-18-,23-21-,26-24-,50-48-. The molecule has 0 aliphatic rings. The fourth-order valence-electron chi connectivity index (χ4n) is 10.5. The number of phosphoric acid groups is 1. The molecule has 0 aromatic heterocycles. The molecule has 0 aliphatic heterocycles.